The van der Waals surface area contributed by atoms with Crippen molar-refractivity contribution in [2.45, 2.75) is 23.8 Å². The van der Waals surface area contributed by atoms with Crippen LogP contribution in [-0.2, 0) is 20.2 Å². The number of benzene rings is 1. The van der Waals surface area contributed by atoms with Crippen LogP contribution >= 0.6 is 0 Å². The van der Waals surface area contributed by atoms with Crippen LogP contribution in [0.25, 0.3) is 0 Å². The SMILES string of the molecule is CNC1CCN(c2nc(NCCS(=O)(=O)O)nc(Nc3ccc(S(=O)(=O)O)cc3)n2)CC1. The van der Waals surface area contributed by atoms with Crippen LogP contribution < -0.4 is 20.9 Å². The average molecular weight is 488 g/mol. The second-order valence-electron chi connectivity index (χ2n) is 7.17. The molecule has 0 saturated carbocycles. The van der Waals surface area contributed by atoms with Gasteiger partial charge in [0.2, 0.25) is 17.8 Å². The van der Waals surface area contributed by atoms with Crippen LogP contribution in [0.2, 0.25) is 0 Å². The zero-order valence-electron chi connectivity index (χ0n) is 17.3. The Labute approximate surface area is 186 Å². The third kappa shape index (κ3) is 6.96. The van der Waals surface area contributed by atoms with Gasteiger partial charge in [-0.1, -0.05) is 0 Å². The third-order valence-corrected chi connectivity index (χ3v) is 6.45. The van der Waals surface area contributed by atoms with E-state index in [0.29, 0.717) is 30.8 Å². The van der Waals surface area contributed by atoms with Gasteiger partial charge in [0.05, 0.1) is 10.6 Å². The molecule has 32 heavy (non-hydrogen) atoms. The summed E-state index contributed by atoms with van der Waals surface area (Å²) in [5.74, 6) is 0.147. The number of hydrogen-bond donors (Lipinski definition) is 5. The molecule has 15 heteroatoms. The first-order chi connectivity index (χ1) is 15.0. The van der Waals surface area contributed by atoms with E-state index in [4.69, 9.17) is 9.11 Å². The van der Waals surface area contributed by atoms with Gasteiger partial charge in [0.15, 0.2) is 0 Å². The standard InChI is InChI=1S/C17H25N7O6S2/c1-18-12-6-9-24(10-7-12)17-22-15(19-8-11-31(25,26)27)21-16(23-17)20-13-2-4-14(5-3-13)32(28,29)30/h2-5,12,18H,6-11H2,1H3,(H,25,26,27)(H,28,29,30)(H2,19,20,21,22,23). The van der Waals surface area contributed by atoms with E-state index in [1.165, 1.54) is 24.3 Å². The third-order valence-electron chi connectivity index (χ3n) is 4.86. The van der Waals surface area contributed by atoms with Crippen LogP contribution in [0.4, 0.5) is 23.5 Å². The number of piperidine rings is 1. The largest absolute Gasteiger partial charge is 0.353 e. The van der Waals surface area contributed by atoms with Gasteiger partial charge in [-0.25, -0.2) is 0 Å². The van der Waals surface area contributed by atoms with Crippen molar-refractivity contribution in [3.8, 4) is 0 Å². The highest BCUT2D eigenvalue weighted by Crippen LogP contribution is 2.22. The van der Waals surface area contributed by atoms with E-state index < -0.39 is 26.0 Å². The van der Waals surface area contributed by atoms with Gasteiger partial charge < -0.3 is 20.9 Å². The Kier molecular flexibility index (Phi) is 7.45. The van der Waals surface area contributed by atoms with E-state index in [1.54, 1.807) is 0 Å². The van der Waals surface area contributed by atoms with Crippen LogP contribution in [0.3, 0.4) is 0 Å². The van der Waals surface area contributed by atoms with Crippen LogP contribution in [0, 0.1) is 0 Å². The minimum atomic E-state index is -4.31. The molecule has 13 nitrogen and oxygen atoms in total. The molecular weight excluding hydrogens is 462 g/mol. The minimum absolute atomic E-state index is 0.105. The fourth-order valence-electron chi connectivity index (χ4n) is 3.14. The Morgan fingerprint density at radius 3 is 2.19 bits per heavy atom. The van der Waals surface area contributed by atoms with E-state index >= 15 is 0 Å². The summed E-state index contributed by atoms with van der Waals surface area (Å²) in [5.41, 5.74) is 0.465. The summed E-state index contributed by atoms with van der Waals surface area (Å²) < 4.78 is 62.4. The molecule has 0 radical (unpaired) electrons. The number of aromatic nitrogens is 3. The molecule has 2 aromatic rings. The lowest BCUT2D eigenvalue weighted by molar-refractivity contribution is 0.439. The lowest BCUT2D eigenvalue weighted by atomic mass is 10.1. The molecule has 1 aliphatic rings. The van der Waals surface area contributed by atoms with E-state index in [0.717, 1.165) is 12.8 Å². The quantitative estimate of drug-likeness (QED) is 0.305. The van der Waals surface area contributed by atoms with E-state index in [1.807, 2.05) is 11.9 Å². The predicted molar refractivity (Wildman–Crippen MR) is 119 cm³/mol. The summed E-state index contributed by atoms with van der Waals surface area (Å²) in [7, 11) is -6.54. The van der Waals surface area contributed by atoms with Gasteiger partial charge in [-0.3, -0.25) is 9.11 Å². The monoisotopic (exact) mass is 487 g/mol. The first-order valence-electron chi connectivity index (χ1n) is 9.75. The van der Waals surface area contributed by atoms with Crippen molar-refractivity contribution < 1.29 is 25.9 Å². The van der Waals surface area contributed by atoms with Crippen LogP contribution in [0.1, 0.15) is 12.8 Å². The highest BCUT2D eigenvalue weighted by atomic mass is 32.2. The van der Waals surface area contributed by atoms with Crippen molar-refractivity contribution in [2.24, 2.45) is 0 Å². The zero-order valence-corrected chi connectivity index (χ0v) is 18.9. The van der Waals surface area contributed by atoms with Gasteiger partial charge >= 0.3 is 0 Å². The predicted octanol–water partition coefficient (Wildman–Crippen LogP) is 0.350. The number of anilines is 4. The second kappa shape index (κ2) is 9.91. The van der Waals surface area contributed by atoms with E-state index in [9.17, 15) is 16.8 Å². The number of rotatable bonds is 9. The molecule has 0 amide bonds. The molecule has 2 heterocycles. The normalized spacial score (nSPS) is 15.5. The summed E-state index contributed by atoms with van der Waals surface area (Å²) >= 11 is 0. The molecule has 176 valence electrons. The van der Waals surface area contributed by atoms with Gasteiger partial charge in [0.1, 0.15) is 0 Å². The Hall–Kier alpha value is -2.59. The maximum absolute atomic E-state index is 11.2. The van der Waals surface area contributed by atoms with Crippen molar-refractivity contribution in [1.82, 2.24) is 20.3 Å². The van der Waals surface area contributed by atoms with E-state index in [-0.39, 0.29) is 23.3 Å². The van der Waals surface area contributed by atoms with Crippen LogP contribution in [0.5, 0.6) is 0 Å². The van der Waals surface area contributed by atoms with Gasteiger partial charge in [-0.2, -0.15) is 31.8 Å². The number of hydrogen-bond acceptors (Lipinski definition) is 11. The molecular formula is C17H25N7O6S2. The van der Waals surface area contributed by atoms with E-state index in [2.05, 4.69) is 30.9 Å². The molecule has 1 aliphatic heterocycles. The first kappa shape index (κ1) is 24.1. The number of nitrogens with one attached hydrogen (secondary N) is 3. The molecule has 3 rings (SSSR count). The summed E-state index contributed by atoms with van der Waals surface area (Å²) in [4.78, 5) is 14.7. The molecule has 0 unspecified atom stereocenters. The van der Waals surface area contributed by atoms with Crippen molar-refractivity contribution in [1.29, 1.82) is 0 Å². The number of nitrogens with zero attached hydrogens (tertiary/aromatic N) is 4. The topological polar surface area (TPSA) is 187 Å². The molecule has 0 spiro atoms. The maximum atomic E-state index is 11.2. The second-order valence-corrected chi connectivity index (χ2v) is 10.2. The van der Waals surface area contributed by atoms with Crippen molar-refractivity contribution in [3.05, 3.63) is 24.3 Å². The molecule has 1 aromatic carbocycles. The molecule has 0 atom stereocenters. The highest BCUT2D eigenvalue weighted by molar-refractivity contribution is 7.86. The first-order valence-corrected chi connectivity index (χ1v) is 12.8. The molecule has 0 bridgehead atoms. The Balaban J connectivity index is 1.82. The van der Waals surface area contributed by atoms with Crippen molar-refractivity contribution in [2.75, 3.05) is 48.0 Å². The maximum Gasteiger partial charge on any atom is 0.294 e. The van der Waals surface area contributed by atoms with Crippen molar-refractivity contribution >= 4 is 43.8 Å². The summed E-state index contributed by atoms with van der Waals surface area (Å²) in [6.45, 7) is 1.32. The summed E-state index contributed by atoms with van der Waals surface area (Å²) in [6.07, 6.45) is 1.79. The summed E-state index contributed by atoms with van der Waals surface area (Å²) in [6, 6.07) is 5.74. The zero-order chi connectivity index (χ0) is 23.4. The van der Waals surface area contributed by atoms with Crippen molar-refractivity contribution in [3.63, 3.8) is 0 Å². The Morgan fingerprint density at radius 1 is 1.00 bits per heavy atom. The van der Waals surface area contributed by atoms with Gasteiger partial charge in [-0.15, -0.1) is 0 Å². The lowest BCUT2D eigenvalue weighted by Crippen LogP contribution is -2.42. The fourth-order valence-corrected chi connectivity index (χ4v) is 3.98. The molecule has 1 aromatic heterocycles. The minimum Gasteiger partial charge on any atom is -0.353 e. The highest BCUT2D eigenvalue weighted by Gasteiger charge is 2.21. The van der Waals surface area contributed by atoms with Gasteiger partial charge in [0, 0.05) is 31.4 Å². The lowest BCUT2D eigenvalue weighted by Gasteiger charge is -2.32. The molecule has 5 N–H and O–H groups in total. The summed E-state index contributed by atoms with van der Waals surface area (Å²) in [5, 5.41) is 8.95. The Morgan fingerprint density at radius 2 is 1.62 bits per heavy atom. The fraction of sp³-hybridized carbons (Fsp3) is 0.471. The van der Waals surface area contributed by atoms with Gasteiger partial charge in [0.25, 0.3) is 20.2 Å². The van der Waals surface area contributed by atoms with Crippen LogP contribution in [0.15, 0.2) is 29.2 Å². The average Bonchev–Trinajstić information content (AvgIpc) is 2.72. The molecule has 1 fully saturated rings. The van der Waals surface area contributed by atoms with Gasteiger partial charge in [-0.05, 0) is 44.2 Å². The Bertz CT molecular complexity index is 1130. The molecule has 0 aliphatic carbocycles. The van der Waals surface area contributed by atoms with Crippen LogP contribution in [-0.4, -0.2) is 79.4 Å². The smallest absolute Gasteiger partial charge is 0.294 e. The molecule has 1 saturated heterocycles.